The predicted molar refractivity (Wildman–Crippen MR) is 84.2 cm³/mol. The quantitative estimate of drug-likeness (QED) is 0.765. The second kappa shape index (κ2) is 6.81. The Bertz CT molecular complexity index is 741. The molecule has 0 saturated carbocycles. The second-order valence-electron chi connectivity index (χ2n) is 5.01. The molecule has 0 bridgehead atoms. The van der Waals surface area contributed by atoms with Gasteiger partial charge in [0.2, 0.25) is 10.0 Å². The van der Waals surface area contributed by atoms with Gasteiger partial charge >= 0.3 is 0 Å². The minimum Gasteiger partial charge on any atom is -0.295 e. The van der Waals surface area contributed by atoms with E-state index in [1.165, 1.54) is 35.5 Å². The SMILES string of the molecule is CC(=O)c1ccc(S(=O)(=O)N(C)CCc2ccncc2)cc1. The third kappa shape index (κ3) is 3.78. The number of ketones is 1. The number of benzene rings is 1. The molecule has 1 heterocycles. The van der Waals surface area contributed by atoms with E-state index in [0.717, 1.165) is 5.56 Å². The van der Waals surface area contributed by atoms with Gasteiger partial charge in [0.25, 0.3) is 0 Å². The molecule has 5 nitrogen and oxygen atoms in total. The number of carbonyl (C=O) groups is 1. The van der Waals surface area contributed by atoms with Gasteiger partial charge in [-0.3, -0.25) is 9.78 Å². The summed E-state index contributed by atoms with van der Waals surface area (Å²) in [6.07, 6.45) is 3.98. The molecule has 0 atom stereocenters. The zero-order chi connectivity index (χ0) is 16.2. The molecule has 1 aromatic heterocycles. The van der Waals surface area contributed by atoms with Crippen LogP contribution in [0.3, 0.4) is 0 Å². The van der Waals surface area contributed by atoms with Crippen LogP contribution in [0.25, 0.3) is 0 Å². The van der Waals surface area contributed by atoms with E-state index in [0.29, 0.717) is 18.5 Å². The highest BCUT2D eigenvalue weighted by atomic mass is 32.2. The molecule has 2 aromatic rings. The Kier molecular flexibility index (Phi) is 5.05. The molecular weight excluding hydrogens is 300 g/mol. The first kappa shape index (κ1) is 16.3. The first-order valence-electron chi connectivity index (χ1n) is 6.87. The lowest BCUT2D eigenvalue weighted by Crippen LogP contribution is -2.29. The molecule has 22 heavy (non-hydrogen) atoms. The molecule has 0 aliphatic heterocycles. The zero-order valence-electron chi connectivity index (χ0n) is 12.6. The Morgan fingerprint density at radius 3 is 2.23 bits per heavy atom. The van der Waals surface area contributed by atoms with Crippen molar-refractivity contribution in [2.75, 3.05) is 13.6 Å². The van der Waals surface area contributed by atoms with Gasteiger partial charge < -0.3 is 0 Å². The van der Waals surface area contributed by atoms with E-state index in [4.69, 9.17) is 0 Å². The van der Waals surface area contributed by atoms with Crippen molar-refractivity contribution in [3.63, 3.8) is 0 Å². The van der Waals surface area contributed by atoms with Gasteiger partial charge in [0.1, 0.15) is 0 Å². The lowest BCUT2D eigenvalue weighted by molar-refractivity contribution is 0.101. The van der Waals surface area contributed by atoms with Crippen LogP contribution >= 0.6 is 0 Å². The third-order valence-electron chi connectivity index (χ3n) is 3.43. The molecular formula is C16H18N2O3S. The van der Waals surface area contributed by atoms with Gasteiger partial charge in [-0.15, -0.1) is 0 Å². The van der Waals surface area contributed by atoms with Crippen LogP contribution in [0.1, 0.15) is 22.8 Å². The van der Waals surface area contributed by atoms with Gasteiger partial charge in [-0.25, -0.2) is 12.7 Å². The fraction of sp³-hybridized carbons (Fsp3) is 0.250. The maximum absolute atomic E-state index is 12.5. The van der Waals surface area contributed by atoms with Crippen LogP contribution in [0.2, 0.25) is 0 Å². The van der Waals surface area contributed by atoms with Crippen LogP contribution in [0.5, 0.6) is 0 Å². The molecule has 2 rings (SSSR count). The van der Waals surface area contributed by atoms with Crippen molar-refractivity contribution in [2.24, 2.45) is 0 Å². The van der Waals surface area contributed by atoms with Gasteiger partial charge in [0.15, 0.2) is 5.78 Å². The molecule has 0 saturated heterocycles. The molecule has 0 amide bonds. The molecule has 0 radical (unpaired) electrons. The van der Waals surface area contributed by atoms with E-state index in [1.54, 1.807) is 19.4 Å². The maximum atomic E-state index is 12.5. The number of Topliss-reactive ketones (excluding diaryl/α,β-unsaturated/α-hetero) is 1. The molecule has 1 aromatic carbocycles. The molecule has 6 heteroatoms. The largest absolute Gasteiger partial charge is 0.295 e. The summed E-state index contributed by atoms with van der Waals surface area (Å²) in [6.45, 7) is 1.82. The van der Waals surface area contributed by atoms with E-state index in [1.807, 2.05) is 12.1 Å². The topological polar surface area (TPSA) is 67.3 Å². The lowest BCUT2D eigenvalue weighted by atomic mass is 10.2. The fourth-order valence-corrected chi connectivity index (χ4v) is 3.17. The lowest BCUT2D eigenvalue weighted by Gasteiger charge is -2.17. The zero-order valence-corrected chi connectivity index (χ0v) is 13.4. The summed E-state index contributed by atoms with van der Waals surface area (Å²) in [5.74, 6) is -0.0880. The van der Waals surface area contributed by atoms with Crippen LogP contribution in [0, 0.1) is 0 Å². The Labute approximate surface area is 130 Å². The molecule has 0 aliphatic carbocycles. The van der Waals surface area contributed by atoms with Crippen LogP contribution < -0.4 is 0 Å². The highest BCUT2D eigenvalue weighted by Crippen LogP contribution is 2.16. The number of rotatable bonds is 6. The monoisotopic (exact) mass is 318 g/mol. The highest BCUT2D eigenvalue weighted by Gasteiger charge is 2.20. The van der Waals surface area contributed by atoms with Gasteiger partial charge in [-0.05, 0) is 43.2 Å². The number of sulfonamides is 1. The summed E-state index contributed by atoms with van der Waals surface area (Å²) in [5, 5.41) is 0. The van der Waals surface area contributed by atoms with Gasteiger partial charge in [-0.1, -0.05) is 12.1 Å². The van der Waals surface area contributed by atoms with E-state index in [9.17, 15) is 13.2 Å². The van der Waals surface area contributed by atoms with Crippen LogP contribution in [-0.4, -0.2) is 37.1 Å². The number of aromatic nitrogens is 1. The number of hydrogen-bond acceptors (Lipinski definition) is 4. The fourth-order valence-electron chi connectivity index (χ4n) is 2.00. The molecule has 0 aliphatic rings. The van der Waals surface area contributed by atoms with E-state index in [2.05, 4.69) is 4.98 Å². The Morgan fingerprint density at radius 1 is 1.09 bits per heavy atom. The molecule has 0 spiro atoms. The van der Waals surface area contributed by atoms with Crippen LogP contribution in [0.4, 0.5) is 0 Å². The van der Waals surface area contributed by atoms with Gasteiger partial charge in [0.05, 0.1) is 4.90 Å². The summed E-state index contributed by atoms with van der Waals surface area (Å²) in [4.78, 5) is 15.4. The van der Waals surface area contributed by atoms with Crippen molar-refractivity contribution in [1.29, 1.82) is 0 Å². The number of nitrogens with zero attached hydrogens (tertiary/aromatic N) is 2. The molecule has 0 N–H and O–H groups in total. The maximum Gasteiger partial charge on any atom is 0.242 e. The Balaban J connectivity index is 2.10. The standard InChI is InChI=1S/C16H18N2O3S/c1-13(19)15-3-5-16(6-4-15)22(20,21)18(2)12-9-14-7-10-17-11-8-14/h3-8,10-11H,9,12H2,1-2H3. The first-order chi connectivity index (χ1) is 10.4. The highest BCUT2D eigenvalue weighted by molar-refractivity contribution is 7.89. The Morgan fingerprint density at radius 2 is 1.68 bits per heavy atom. The minimum atomic E-state index is -3.55. The summed E-state index contributed by atoms with van der Waals surface area (Å²) in [5.41, 5.74) is 1.53. The van der Waals surface area contributed by atoms with Crippen molar-refractivity contribution in [1.82, 2.24) is 9.29 Å². The number of hydrogen-bond donors (Lipinski definition) is 0. The van der Waals surface area contributed by atoms with Gasteiger partial charge in [-0.2, -0.15) is 0 Å². The molecule has 116 valence electrons. The van der Waals surface area contributed by atoms with Crippen molar-refractivity contribution >= 4 is 15.8 Å². The Hall–Kier alpha value is -2.05. The summed E-state index contributed by atoms with van der Waals surface area (Å²) < 4.78 is 26.2. The van der Waals surface area contributed by atoms with E-state index >= 15 is 0 Å². The summed E-state index contributed by atoms with van der Waals surface area (Å²) in [7, 11) is -1.99. The van der Waals surface area contributed by atoms with Crippen LogP contribution in [-0.2, 0) is 16.4 Å². The predicted octanol–water partition coefficient (Wildman–Crippen LogP) is 2.15. The van der Waals surface area contributed by atoms with Crippen LogP contribution in [0.15, 0.2) is 53.7 Å². The van der Waals surface area contributed by atoms with Gasteiger partial charge in [0, 0.05) is 31.5 Å². The molecule has 0 fully saturated rings. The van der Waals surface area contributed by atoms with Crippen molar-refractivity contribution in [3.05, 3.63) is 59.9 Å². The third-order valence-corrected chi connectivity index (χ3v) is 5.30. The smallest absolute Gasteiger partial charge is 0.242 e. The second-order valence-corrected chi connectivity index (χ2v) is 7.06. The first-order valence-corrected chi connectivity index (χ1v) is 8.31. The van der Waals surface area contributed by atoms with Crippen molar-refractivity contribution < 1.29 is 13.2 Å². The summed E-state index contributed by atoms with van der Waals surface area (Å²) >= 11 is 0. The number of pyridine rings is 1. The minimum absolute atomic E-state index is 0.0880. The van der Waals surface area contributed by atoms with Crippen molar-refractivity contribution in [2.45, 2.75) is 18.2 Å². The summed E-state index contributed by atoms with van der Waals surface area (Å²) in [6, 6.07) is 9.73. The molecule has 0 unspecified atom stereocenters. The normalized spacial score (nSPS) is 11.6. The average molecular weight is 318 g/mol. The number of carbonyl (C=O) groups excluding carboxylic acids is 1. The van der Waals surface area contributed by atoms with Crippen molar-refractivity contribution in [3.8, 4) is 0 Å². The number of likely N-dealkylation sites (N-methyl/N-ethyl adjacent to an activating group) is 1. The van der Waals surface area contributed by atoms with E-state index < -0.39 is 10.0 Å². The average Bonchev–Trinajstić information content (AvgIpc) is 2.53. The van der Waals surface area contributed by atoms with E-state index in [-0.39, 0.29) is 10.7 Å².